The van der Waals surface area contributed by atoms with Crippen LogP contribution in [0.4, 0.5) is 0 Å². The summed E-state index contributed by atoms with van der Waals surface area (Å²) in [6.45, 7) is 7.58. The monoisotopic (exact) mass is 359 g/mol. The third-order valence-electron chi connectivity index (χ3n) is 3.71. The molecule has 0 saturated heterocycles. The van der Waals surface area contributed by atoms with Crippen LogP contribution >= 0.6 is 11.8 Å². The SMILES string of the molecule is Cc1cc(C)nc(SCC(=O)NC(C(=O)O)c2ccc(C)c(C)c2)n1. The lowest BCUT2D eigenvalue weighted by Gasteiger charge is -2.16. The summed E-state index contributed by atoms with van der Waals surface area (Å²) < 4.78 is 0. The topological polar surface area (TPSA) is 92.2 Å². The van der Waals surface area contributed by atoms with Crippen molar-refractivity contribution >= 4 is 23.6 Å². The Balaban J connectivity index is 2.05. The predicted octanol–water partition coefficient (Wildman–Crippen LogP) is 2.74. The first-order valence-electron chi connectivity index (χ1n) is 7.80. The molecule has 0 aliphatic rings. The maximum atomic E-state index is 12.2. The molecular formula is C18H21N3O3S. The lowest BCUT2D eigenvalue weighted by atomic mass is 10.0. The number of carboxylic acids is 1. The van der Waals surface area contributed by atoms with Gasteiger partial charge >= 0.3 is 5.97 Å². The number of nitrogens with zero attached hydrogens (tertiary/aromatic N) is 2. The Kier molecular flexibility index (Phi) is 6.14. The third-order valence-corrected chi connectivity index (χ3v) is 4.56. The van der Waals surface area contributed by atoms with Crippen LogP contribution < -0.4 is 5.32 Å². The standard InChI is InChI=1S/C18H21N3O3S/c1-10-5-6-14(7-11(10)2)16(17(23)24)21-15(22)9-25-18-19-12(3)8-13(4)20-18/h5-8,16H,9H2,1-4H3,(H,21,22)(H,23,24). The average molecular weight is 359 g/mol. The molecule has 0 radical (unpaired) electrons. The molecule has 0 fully saturated rings. The largest absolute Gasteiger partial charge is 0.479 e. The molecule has 2 N–H and O–H groups in total. The second-order valence-electron chi connectivity index (χ2n) is 5.90. The van der Waals surface area contributed by atoms with Gasteiger partial charge in [0.25, 0.3) is 0 Å². The fourth-order valence-corrected chi connectivity index (χ4v) is 3.08. The minimum absolute atomic E-state index is 0.0531. The van der Waals surface area contributed by atoms with Crippen LogP contribution in [0.3, 0.4) is 0 Å². The molecule has 1 aromatic carbocycles. The van der Waals surface area contributed by atoms with Crippen molar-refractivity contribution in [1.82, 2.24) is 15.3 Å². The maximum Gasteiger partial charge on any atom is 0.330 e. The van der Waals surface area contributed by atoms with Crippen molar-refractivity contribution in [2.45, 2.75) is 38.9 Å². The first-order valence-corrected chi connectivity index (χ1v) is 8.79. The molecule has 1 atom stereocenters. The number of carbonyl (C=O) groups excluding carboxylic acids is 1. The number of hydrogen-bond acceptors (Lipinski definition) is 5. The number of carbonyl (C=O) groups is 2. The number of nitrogens with one attached hydrogen (secondary N) is 1. The van der Waals surface area contributed by atoms with Crippen molar-refractivity contribution in [3.8, 4) is 0 Å². The molecule has 1 aromatic heterocycles. The molecule has 0 aliphatic carbocycles. The molecule has 2 rings (SSSR count). The average Bonchev–Trinajstić information content (AvgIpc) is 2.52. The second-order valence-corrected chi connectivity index (χ2v) is 6.85. The van der Waals surface area contributed by atoms with Gasteiger partial charge < -0.3 is 10.4 Å². The van der Waals surface area contributed by atoms with Crippen molar-refractivity contribution in [2.75, 3.05) is 5.75 Å². The summed E-state index contributed by atoms with van der Waals surface area (Å²) in [5.41, 5.74) is 4.26. The zero-order chi connectivity index (χ0) is 18.6. The van der Waals surface area contributed by atoms with E-state index in [2.05, 4.69) is 15.3 Å². The molecule has 132 valence electrons. The molecule has 25 heavy (non-hydrogen) atoms. The van der Waals surface area contributed by atoms with Crippen LogP contribution in [0.1, 0.15) is 34.1 Å². The van der Waals surface area contributed by atoms with E-state index in [-0.39, 0.29) is 11.7 Å². The van der Waals surface area contributed by atoms with Crippen LogP contribution in [0.5, 0.6) is 0 Å². The van der Waals surface area contributed by atoms with Gasteiger partial charge in [-0.15, -0.1) is 0 Å². The maximum absolute atomic E-state index is 12.2. The van der Waals surface area contributed by atoms with Gasteiger partial charge in [0.1, 0.15) is 0 Å². The van der Waals surface area contributed by atoms with Gasteiger partial charge in [-0.1, -0.05) is 30.0 Å². The summed E-state index contributed by atoms with van der Waals surface area (Å²) in [7, 11) is 0. The van der Waals surface area contributed by atoms with Crippen molar-refractivity contribution in [3.05, 3.63) is 52.3 Å². The number of aryl methyl sites for hydroxylation is 4. The third kappa shape index (κ3) is 5.29. The van der Waals surface area contributed by atoms with E-state index >= 15 is 0 Å². The zero-order valence-electron chi connectivity index (χ0n) is 14.7. The summed E-state index contributed by atoms with van der Waals surface area (Å²) in [5, 5.41) is 12.5. The minimum Gasteiger partial charge on any atom is -0.479 e. The first-order chi connectivity index (χ1) is 11.8. The van der Waals surface area contributed by atoms with Crippen molar-refractivity contribution in [1.29, 1.82) is 0 Å². The number of amides is 1. The Morgan fingerprint density at radius 3 is 2.28 bits per heavy atom. The highest BCUT2D eigenvalue weighted by atomic mass is 32.2. The summed E-state index contributed by atoms with van der Waals surface area (Å²) >= 11 is 1.18. The minimum atomic E-state index is -1.09. The molecule has 1 amide bonds. The second kappa shape index (κ2) is 8.11. The van der Waals surface area contributed by atoms with Crippen LogP contribution in [-0.4, -0.2) is 32.7 Å². The van der Waals surface area contributed by atoms with E-state index in [1.165, 1.54) is 11.8 Å². The molecule has 1 unspecified atom stereocenters. The Morgan fingerprint density at radius 1 is 1.08 bits per heavy atom. The summed E-state index contributed by atoms with van der Waals surface area (Å²) in [5.74, 6) is -1.42. The predicted molar refractivity (Wildman–Crippen MR) is 96.7 cm³/mol. The highest BCUT2D eigenvalue weighted by molar-refractivity contribution is 7.99. The van der Waals surface area contributed by atoms with Crippen molar-refractivity contribution in [3.63, 3.8) is 0 Å². The van der Waals surface area contributed by atoms with E-state index in [1.54, 1.807) is 12.1 Å². The summed E-state index contributed by atoms with van der Waals surface area (Å²) in [6.07, 6.45) is 0. The normalized spacial score (nSPS) is 11.8. The fraction of sp³-hybridized carbons (Fsp3) is 0.333. The van der Waals surface area contributed by atoms with Gasteiger partial charge in [0.2, 0.25) is 5.91 Å². The van der Waals surface area contributed by atoms with E-state index in [9.17, 15) is 14.7 Å². The van der Waals surface area contributed by atoms with Gasteiger partial charge in [0.15, 0.2) is 11.2 Å². The quantitative estimate of drug-likeness (QED) is 0.609. The molecule has 7 heteroatoms. The number of benzene rings is 1. The number of aliphatic carboxylic acids is 1. The van der Waals surface area contributed by atoms with E-state index < -0.39 is 12.0 Å². The lowest BCUT2D eigenvalue weighted by Crippen LogP contribution is -2.35. The van der Waals surface area contributed by atoms with E-state index in [4.69, 9.17) is 0 Å². The van der Waals surface area contributed by atoms with E-state index in [1.807, 2.05) is 39.8 Å². The summed E-state index contributed by atoms with van der Waals surface area (Å²) in [6, 6.07) is 6.14. The molecule has 0 aliphatic heterocycles. The van der Waals surface area contributed by atoms with Crippen LogP contribution in [0, 0.1) is 27.7 Å². The summed E-state index contributed by atoms with van der Waals surface area (Å²) in [4.78, 5) is 32.2. The van der Waals surface area contributed by atoms with E-state index in [0.29, 0.717) is 10.7 Å². The molecule has 0 spiro atoms. The Labute approximate surface area is 151 Å². The number of hydrogen-bond donors (Lipinski definition) is 2. The number of rotatable bonds is 6. The van der Waals surface area contributed by atoms with Gasteiger partial charge in [-0.25, -0.2) is 14.8 Å². The first kappa shape index (κ1) is 18.9. The van der Waals surface area contributed by atoms with Crippen molar-refractivity contribution in [2.24, 2.45) is 0 Å². The van der Waals surface area contributed by atoms with Gasteiger partial charge in [-0.3, -0.25) is 4.79 Å². The number of thioether (sulfide) groups is 1. The molecule has 0 saturated carbocycles. The highest BCUT2D eigenvalue weighted by Crippen LogP contribution is 2.19. The van der Waals surface area contributed by atoms with Crippen LogP contribution in [0.15, 0.2) is 29.4 Å². The van der Waals surface area contributed by atoms with E-state index in [0.717, 1.165) is 22.5 Å². The molecule has 2 aromatic rings. The Hall–Kier alpha value is -2.41. The Morgan fingerprint density at radius 2 is 1.72 bits per heavy atom. The Bertz CT molecular complexity index is 788. The lowest BCUT2D eigenvalue weighted by molar-refractivity contribution is -0.141. The number of aromatic nitrogens is 2. The number of carboxylic acid groups (broad SMARTS) is 1. The van der Waals surface area contributed by atoms with Gasteiger partial charge in [-0.05, 0) is 50.5 Å². The van der Waals surface area contributed by atoms with Gasteiger partial charge in [-0.2, -0.15) is 0 Å². The smallest absolute Gasteiger partial charge is 0.330 e. The molecule has 6 nitrogen and oxygen atoms in total. The molecule has 0 bridgehead atoms. The molecular weight excluding hydrogens is 338 g/mol. The van der Waals surface area contributed by atoms with Crippen LogP contribution in [-0.2, 0) is 9.59 Å². The fourth-order valence-electron chi connectivity index (χ4n) is 2.32. The van der Waals surface area contributed by atoms with Crippen LogP contribution in [0.2, 0.25) is 0 Å². The molecule has 1 heterocycles. The highest BCUT2D eigenvalue weighted by Gasteiger charge is 2.22. The van der Waals surface area contributed by atoms with Gasteiger partial charge in [0, 0.05) is 11.4 Å². The van der Waals surface area contributed by atoms with Crippen LogP contribution in [0.25, 0.3) is 0 Å². The van der Waals surface area contributed by atoms with Gasteiger partial charge in [0.05, 0.1) is 5.75 Å². The zero-order valence-corrected chi connectivity index (χ0v) is 15.5. The van der Waals surface area contributed by atoms with Crippen molar-refractivity contribution < 1.29 is 14.7 Å².